The molecule has 1 unspecified atom stereocenters. The fraction of sp³-hybridized carbons (Fsp3) is 0.500. The Balaban J connectivity index is 2.91. The summed E-state index contributed by atoms with van der Waals surface area (Å²) in [4.78, 5) is 0. The maximum atomic E-state index is 4.14. The minimum atomic E-state index is 0.420. The van der Waals surface area contributed by atoms with Crippen LogP contribution in [0.25, 0.3) is 0 Å². The summed E-state index contributed by atoms with van der Waals surface area (Å²) in [7, 11) is 0. The first-order chi connectivity index (χ1) is 8.22. The molecule has 0 bridgehead atoms. The number of hydrogen-bond donors (Lipinski definition) is 1. The average Bonchev–Trinajstić information content (AvgIpc) is 2.38. The highest BCUT2D eigenvalue weighted by Gasteiger charge is 2.13. The molecule has 0 saturated carbocycles. The molecule has 0 amide bonds. The lowest BCUT2D eigenvalue weighted by Crippen LogP contribution is -2.22. The van der Waals surface area contributed by atoms with E-state index >= 15 is 0 Å². The molecule has 0 aliphatic carbocycles. The molecule has 1 rings (SSSR count). The lowest BCUT2D eigenvalue weighted by atomic mass is 9.93. The summed E-state index contributed by atoms with van der Waals surface area (Å²) < 4.78 is 0. The fourth-order valence-electron chi connectivity index (χ4n) is 2.17. The van der Waals surface area contributed by atoms with E-state index in [0.717, 1.165) is 25.8 Å². The van der Waals surface area contributed by atoms with E-state index in [1.165, 1.54) is 16.7 Å². The van der Waals surface area contributed by atoms with Gasteiger partial charge < -0.3 is 5.32 Å². The van der Waals surface area contributed by atoms with Gasteiger partial charge in [0.15, 0.2) is 0 Å². The van der Waals surface area contributed by atoms with E-state index in [1.54, 1.807) is 0 Å². The predicted octanol–water partition coefficient (Wildman–Crippen LogP) is 4.26. The summed E-state index contributed by atoms with van der Waals surface area (Å²) in [6, 6.07) is 9.15. The Morgan fingerprint density at radius 2 is 1.94 bits per heavy atom. The van der Waals surface area contributed by atoms with Crippen molar-refractivity contribution in [1.29, 1.82) is 0 Å². The molecular formula is C16H25N. The monoisotopic (exact) mass is 231 g/mol. The van der Waals surface area contributed by atoms with Gasteiger partial charge in [-0.05, 0) is 36.9 Å². The molecule has 0 heterocycles. The van der Waals surface area contributed by atoms with Crippen molar-refractivity contribution in [2.75, 3.05) is 6.54 Å². The molecule has 94 valence electrons. The molecule has 0 fully saturated rings. The molecule has 17 heavy (non-hydrogen) atoms. The molecule has 0 saturated heterocycles. The van der Waals surface area contributed by atoms with Gasteiger partial charge in [-0.25, -0.2) is 0 Å². The highest BCUT2D eigenvalue weighted by molar-refractivity contribution is 5.31. The Hall–Kier alpha value is -1.08. The van der Waals surface area contributed by atoms with Gasteiger partial charge in [0.2, 0.25) is 0 Å². The molecule has 1 aromatic rings. The van der Waals surface area contributed by atoms with Crippen molar-refractivity contribution in [2.24, 2.45) is 0 Å². The van der Waals surface area contributed by atoms with Gasteiger partial charge in [-0.1, -0.05) is 57.2 Å². The van der Waals surface area contributed by atoms with Gasteiger partial charge in [-0.2, -0.15) is 0 Å². The molecule has 0 aliphatic rings. The lowest BCUT2D eigenvalue weighted by molar-refractivity contribution is 0.539. The molecule has 0 aliphatic heterocycles. The van der Waals surface area contributed by atoms with Crippen molar-refractivity contribution >= 4 is 0 Å². The molecule has 1 aromatic carbocycles. The molecule has 1 atom stereocenters. The van der Waals surface area contributed by atoms with Crippen LogP contribution in [0.2, 0.25) is 0 Å². The Labute approximate surface area is 106 Å². The summed E-state index contributed by atoms with van der Waals surface area (Å²) in [6.07, 6.45) is 3.20. The second-order valence-corrected chi connectivity index (χ2v) is 4.47. The number of hydrogen-bond acceptors (Lipinski definition) is 1. The first-order valence-electron chi connectivity index (χ1n) is 6.70. The van der Waals surface area contributed by atoms with Crippen LogP contribution in [-0.2, 0) is 6.42 Å². The second kappa shape index (κ2) is 7.29. The molecule has 1 N–H and O–H groups in total. The van der Waals surface area contributed by atoms with Gasteiger partial charge in [0.1, 0.15) is 0 Å². The van der Waals surface area contributed by atoms with Crippen molar-refractivity contribution in [3.8, 4) is 0 Å². The van der Waals surface area contributed by atoms with Crippen LogP contribution in [0.3, 0.4) is 0 Å². The average molecular weight is 231 g/mol. The van der Waals surface area contributed by atoms with Gasteiger partial charge in [0.05, 0.1) is 0 Å². The summed E-state index contributed by atoms with van der Waals surface area (Å²) in [5, 5.41) is 3.58. The molecular weight excluding hydrogens is 206 g/mol. The van der Waals surface area contributed by atoms with E-state index in [9.17, 15) is 0 Å². The van der Waals surface area contributed by atoms with Crippen molar-refractivity contribution < 1.29 is 0 Å². The first kappa shape index (κ1) is 14.0. The zero-order valence-corrected chi connectivity index (χ0v) is 11.4. The summed E-state index contributed by atoms with van der Waals surface area (Å²) in [5.41, 5.74) is 4.20. The number of nitrogens with one attached hydrogen (secondary N) is 1. The minimum Gasteiger partial charge on any atom is -0.310 e. The van der Waals surface area contributed by atoms with Gasteiger partial charge in [0.25, 0.3) is 0 Å². The Morgan fingerprint density at radius 3 is 2.53 bits per heavy atom. The number of benzene rings is 1. The zero-order chi connectivity index (χ0) is 12.7. The largest absolute Gasteiger partial charge is 0.310 e. The summed E-state index contributed by atoms with van der Waals surface area (Å²) >= 11 is 0. The number of aryl methyl sites for hydroxylation is 1. The van der Waals surface area contributed by atoms with Crippen molar-refractivity contribution in [1.82, 2.24) is 5.32 Å². The SMILES string of the molecule is C=C(CC)CC(NCC)c1ccccc1CC. The predicted molar refractivity (Wildman–Crippen MR) is 76.3 cm³/mol. The van der Waals surface area contributed by atoms with Crippen LogP contribution in [0.5, 0.6) is 0 Å². The standard InChI is InChI=1S/C16H25N/c1-5-13(4)12-16(17-7-3)15-11-9-8-10-14(15)6-2/h8-11,16-17H,4-7,12H2,1-3H3. The second-order valence-electron chi connectivity index (χ2n) is 4.47. The molecule has 1 nitrogen and oxygen atoms in total. The smallest absolute Gasteiger partial charge is 0.0360 e. The van der Waals surface area contributed by atoms with Gasteiger partial charge in [-0.3, -0.25) is 0 Å². The van der Waals surface area contributed by atoms with E-state index in [-0.39, 0.29) is 0 Å². The van der Waals surface area contributed by atoms with E-state index in [1.807, 2.05) is 0 Å². The van der Waals surface area contributed by atoms with Gasteiger partial charge >= 0.3 is 0 Å². The van der Waals surface area contributed by atoms with E-state index in [2.05, 4.69) is 56.9 Å². The Morgan fingerprint density at radius 1 is 1.24 bits per heavy atom. The van der Waals surface area contributed by atoms with Crippen LogP contribution in [-0.4, -0.2) is 6.54 Å². The van der Waals surface area contributed by atoms with Crippen molar-refractivity contribution in [3.63, 3.8) is 0 Å². The quantitative estimate of drug-likeness (QED) is 0.692. The highest BCUT2D eigenvalue weighted by atomic mass is 14.9. The number of rotatable bonds is 7. The zero-order valence-electron chi connectivity index (χ0n) is 11.4. The summed E-state index contributed by atoms with van der Waals surface area (Å²) in [6.45, 7) is 11.7. The first-order valence-corrected chi connectivity index (χ1v) is 6.70. The molecule has 0 spiro atoms. The highest BCUT2D eigenvalue weighted by Crippen LogP contribution is 2.25. The van der Waals surface area contributed by atoms with Crippen LogP contribution in [0.4, 0.5) is 0 Å². The minimum absolute atomic E-state index is 0.420. The van der Waals surface area contributed by atoms with E-state index in [4.69, 9.17) is 0 Å². The topological polar surface area (TPSA) is 12.0 Å². The molecule has 0 aromatic heterocycles. The molecule has 1 heteroatoms. The van der Waals surface area contributed by atoms with Crippen LogP contribution in [0.15, 0.2) is 36.4 Å². The van der Waals surface area contributed by atoms with E-state index < -0.39 is 0 Å². The van der Waals surface area contributed by atoms with Crippen LogP contribution in [0, 0.1) is 0 Å². The van der Waals surface area contributed by atoms with Gasteiger partial charge in [0, 0.05) is 6.04 Å². The van der Waals surface area contributed by atoms with Crippen LogP contribution >= 0.6 is 0 Å². The third kappa shape index (κ3) is 4.01. The normalized spacial score (nSPS) is 12.4. The Kier molecular flexibility index (Phi) is 5.99. The third-order valence-electron chi connectivity index (χ3n) is 3.25. The summed E-state index contributed by atoms with van der Waals surface area (Å²) in [5.74, 6) is 0. The Bertz CT molecular complexity index is 354. The molecule has 0 radical (unpaired) electrons. The lowest BCUT2D eigenvalue weighted by Gasteiger charge is -2.22. The van der Waals surface area contributed by atoms with E-state index in [0.29, 0.717) is 6.04 Å². The maximum absolute atomic E-state index is 4.14. The van der Waals surface area contributed by atoms with Gasteiger partial charge in [-0.15, -0.1) is 0 Å². The third-order valence-corrected chi connectivity index (χ3v) is 3.25. The van der Waals surface area contributed by atoms with Crippen molar-refractivity contribution in [3.05, 3.63) is 47.5 Å². The fourth-order valence-corrected chi connectivity index (χ4v) is 2.17. The van der Waals surface area contributed by atoms with Crippen molar-refractivity contribution in [2.45, 2.75) is 46.1 Å². The van der Waals surface area contributed by atoms with Crippen LogP contribution < -0.4 is 5.32 Å². The maximum Gasteiger partial charge on any atom is 0.0360 e. The van der Waals surface area contributed by atoms with Crippen LogP contribution in [0.1, 0.15) is 50.8 Å².